The topological polar surface area (TPSA) is 46.5 Å². The van der Waals surface area contributed by atoms with Gasteiger partial charge in [-0.25, -0.2) is 4.79 Å². The maximum absolute atomic E-state index is 11.1. The van der Waals surface area contributed by atoms with Crippen LogP contribution in [0.15, 0.2) is 36.4 Å². The molecule has 0 saturated heterocycles. The molecule has 0 aliphatic heterocycles. The Kier molecular flexibility index (Phi) is 2.29. The van der Waals surface area contributed by atoms with Gasteiger partial charge in [0.25, 0.3) is 0 Å². The van der Waals surface area contributed by atoms with Crippen molar-refractivity contribution in [2.24, 2.45) is 0 Å². The molecule has 0 heterocycles. The van der Waals surface area contributed by atoms with Gasteiger partial charge >= 0.3 is 5.97 Å². The van der Waals surface area contributed by atoms with Crippen LogP contribution in [-0.4, -0.2) is 18.2 Å². The van der Waals surface area contributed by atoms with Crippen molar-refractivity contribution in [3.8, 4) is 16.9 Å². The molecule has 0 aromatic rings. The third-order valence-electron chi connectivity index (χ3n) is 2.31. The number of carboxylic acids is 1. The van der Waals surface area contributed by atoms with E-state index in [4.69, 9.17) is 9.84 Å². The first-order valence-corrected chi connectivity index (χ1v) is 4.53. The molecular formula is C12H10O3. The third kappa shape index (κ3) is 1.52. The van der Waals surface area contributed by atoms with Gasteiger partial charge < -0.3 is 9.84 Å². The van der Waals surface area contributed by atoms with Gasteiger partial charge in [0.15, 0.2) is 0 Å². The smallest absolute Gasteiger partial charge is 0.340 e. The average Bonchev–Trinajstić information content (AvgIpc) is 2.42. The molecule has 3 nitrogen and oxygen atoms in total. The average molecular weight is 202 g/mol. The number of carboxylic acid groups (broad SMARTS) is 1. The Labute approximate surface area is 87.3 Å². The second-order valence-corrected chi connectivity index (χ2v) is 3.17. The van der Waals surface area contributed by atoms with E-state index in [9.17, 15) is 4.79 Å². The van der Waals surface area contributed by atoms with Crippen molar-refractivity contribution in [2.75, 3.05) is 7.11 Å². The molecule has 0 amide bonds. The standard InChI is InChI=1S/C12H10O3/c1-15-10-7-8-5-3-2-4-6-9(8)11(10)12(13)14/h2-7H,1H3,(H,13,14). The summed E-state index contributed by atoms with van der Waals surface area (Å²) in [5, 5.41) is 9.09. The summed E-state index contributed by atoms with van der Waals surface area (Å²) in [4.78, 5) is 11.1. The second-order valence-electron chi connectivity index (χ2n) is 3.17. The monoisotopic (exact) mass is 202 g/mol. The fourth-order valence-corrected chi connectivity index (χ4v) is 1.64. The number of fused-ring (bicyclic) bond motifs is 1. The van der Waals surface area contributed by atoms with Crippen molar-refractivity contribution in [3.05, 3.63) is 42.0 Å². The zero-order valence-electron chi connectivity index (χ0n) is 8.23. The van der Waals surface area contributed by atoms with Crippen LogP contribution in [0.25, 0.3) is 11.1 Å². The Morgan fingerprint density at radius 2 is 2.00 bits per heavy atom. The minimum atomic E-state index is -0.965. The van der Waals surface area contributed by atoms with E-state index in [0.29, 0.717) is 11.3 Å². The Balaban J connectivity index is 2.75. The summed E-state index contributed by atoms with van der Waals surface area (Å²) in [7, 11) is 1.47. The molecule has 0 saturated carbocycles. The van der Waals surface area contributed by atoms with Crippen LogP contribution >= 0.6 is 0 Å². The number of hydrogen-bond donors (Lipinski definition) is 1. The second kappa shape index (κ2) is 3.61. The Hall–Kier alpha value is -2.03. The van der Waals surface area contributed by atoms with Crippen molar-refractivity contribution in [2.45, 2.75) is 0 Å². The van der Waals surface area contributed by atoms with E-state index >= 15 is 0 Å². The van der Waals surface area contributed by atoms with E-state index in [-0.39, 0.29) is 5.56 Å². The number of carbonyl (C=O) groups is 1. The molecule has 0 radical (unpaired) electrons. The molecule has 3 heteroatoms. The summed E-state index contributed by atoms with van der Waals surface area (Å²) in [6.07, 6.45) is 0. The van der Waals surface area contributed by atoms with Crippen LogP contribution < -0.4 is 4.74 Å². The maximum Gasteiger partial charge on any atom is 0.340 e. The van der Waals surface area contributed by atoms with Gasteiger partial charge in [0, 0.05) is 5.56 Å². The van der Waals surface area contributed by atoms with Crippen molar-refractivity contribution >= 4 is 5.97 Å². The zero-order chi connectivity index (χ0) is 10.8. The van der Waals surface area contributed by atoms with Gasteiger partial charge in [-0.3, -0.25) is 0 Å². The van der Waals surface area contributed by atoms with Crippen LogP contribution in [0.5, 0.6) is 5.75 Å². The molecule has 0 aromatic carbocycles. The van der Waals surface area contributed by atoms with Crippen LogP contribution in [0.3, 0.4) is 0 Å². The number of ether oxygens (including phenoxy) is 1. The van der Waals surface area contributed by atoms with E-state index in [2.05, 4.69) is 0 Å². The van der Waals surface area contributed by atoms with Gasteiger partial charge in [-0.05, 0) is 11.6 Å². The predicted octanol–water partition coefficient (Wildman–Crippen LogP) is 2.50. The van der Waals surface area contributed by atoms with Crippen molar-refractivity contribution in [1.29, 1.82) is 0 Å². The largest absolute Gasteiger partial charge is 0.496 e. The summed E-state index contributed by atoms with van der Waals surface area (Å²) < 4.78 is 5.04. The lowest BCUT2D eigenvalue weighted by molar-refractivity contribution is 0.0695. The van der Waals surface area contributed by atoms with E-state index in [1.165, 1.54) is 7.11 Å². The minimum Gasteiger partial charge on any atom is -0.496 e. The molecular weight excluding hydrogens is 192 g/mol. The highest BCUT2D eigenvalue weighted by molar-refractivity contribution is 6.01. The SMILES string of the molecule is COc1cc2cccccc-2c1C(=O)O. The highest BCUT2D eigenvalue weighted by Crippen LogP contribution is 2.35. The number of hydrogen-bond acceptors (Lipinski definition) is 2. The van der Waals surface area contributed by atoms with Crippen LogP contribution in [0.1, 0.15) is 10.4 Å². The molecule has 0 spiro atoms. The first-order valence-electron chi connectivity index (χ1n) is 4.53. The van der Waals surface area contributed by atoms with Gasteiger partial charge in [-0.1, -0.05) is 30.3 Å². The number of methoxy groups -OCH3 is 1. The molecule has 0 atom stereocenters. The molecule has 2 aliphatic carbocycles. The highest BCUT2D eigenvalue weighted by Gasteiger charge is 2.20. The highest BCUT2D eigenvalue weighted by atomic mass is 16.5. The van der Waals surface area contributed by atoms with Crippen LogP contribution in [0, 0.1) is 0 Å². The summed E-state index contributed by atoms with van der Waals surface area (Å²) in [6, 6.07) is 10.9. The predicted molar refractivity (Wildman–Crippen MR) is 56.6 cm³/mol. The Morgan fingerprint density at radius 1 is 1.27 bits per heavy atom. The minimum absolute atomic E-state index is 0.226. The van der Waals surface area contributed by atoms with E-state index in [1.807, 2.05) is 24.3 Å². The Bertz CT molecular complexity index is 477. The first-order chi connectivity index (χ1) is 7.24. The van der Waals surface area contributed by atoms with Crippen LogP contribution in [0.4, 0.5) is 0 Å². The molecule has 15 heavy (non-hydrogen) atoms. The summed E-state index contributed by atoms with van der Waals surface area (Å²) in [5.74, 6) is -0.559. The van der Waals surface area contributed by atoms with Gasteiger partial charge in [0.1, 0.15) is 11.3 Å². The molecule has 1 N–H and O–H groups in total. The number of aromatic carboxylic acids is 1. The first kappa shape index (κ1) is 9.52. The van der Waals surface area contributed by atoms with Crippen LogP contribution in [-0.2, 0) is 0 Å². The molecule has 0 fully saturated rings. The molecule has 0 aromatic heterocycles. The molecule has 0 unspecified atom stereocenters. The lowest BCUT2D eigenvalue weighted by Crippen LogP contribution is -1.98. The lowest BCUT2D eigenvalue weighted by Gasteiger charge is -1.98. The van der Waals surface area contributed by atoms with Crippen molar-refractivity contribution < 1.29 is 14.6 Å². The van der Waals surface area contributed by atoms with Gasteiger partial charge in [-0.2, -0.15) is 0 Å². The van der Waals surface area contributed by atoms with Crippen molar-refractivity contribution in [3.63, 3.8) is 0 Å². The van der Waals surface area contributed by atoms with Gasteiger partial charge in [-0.15, -0.1) is 0 Å². The summed E-state index contributed by atoms with van der Waals surface area (Å²) in [5.41, 5.74) is 1.79. The van der Waals surface area contributed by atoms with E-state index in [1.54, 1.807) is 12.1 Å². The fourth-order valence-electron chi connectivity index (χ4n) is 1.64. The van der Waals surface area contributed by atoms with Gasteiger partial charge in [0.2, 0.25) is 0 Å². The van der Waals surface area contributed by atoms with Crippen molar-refractivity contribution in [1.82, 2.24) is 0 Å². The number of rotatable bonds is 2. The zero-order valence-corrected chi connectivity index (χ0v) is 8.23. The third-order valence-corrected chi connectivity index (χ3v) is 2.31. The van der Waals surface area contributed by atoms with E-state index < -0.39 is 5.97 Å². The fraction of sp³-hybridized carbons (Fsp3) is 0.0833. The summed E-state index contributed by atoms with van der Waals surface area (Å²) >= 11 is 0. The maximum atomic E-state index is 11.1. The lowest BCUT2D eigenvalue weighted by atomic mass is 10.1. The molecule has 76 valence electrons. The summed E-state index contributed by atoms with van der Waals surface area (Å²) in [6.45, 7) is 0. The van der Waals surface area contributed by atoms with Gasteiger partial charge in [0.05, 0.1) is 7.11 Å². The quantitative estimate of drug-likeness (QED) is 0.813. The molecule has 0 bridgehead atoms. The normalized spacial score (nSPS) is 10.2. The molecule has 2 rings (SSSR count). The van der Waals surface area contributed by atoms with E-state index in [0.717, 1.165) is 5.56 Å². The van der Waals surface area contributed by atoms with Crippen LogP contribution in [0.2, 0.25) is 0 Å². The Morgan fingerprint density at radius 3 is 2.67 bits per heavy atom. The molecule has 2 aliphatic rings.